The molecule has 1 unspecified atom stereocenters. The quantitative estimate of drug-likeness (QED) is 0.0617. The molecule has 0 radical (unpaired) electrons. The molecule has 0 bridgehead atoms. The number of aromatic amines is 1. The number of aliphatic hydroxyl groups excluding tert-OH is 1. The molecule has 0 aliphatic carbocycles. The van der Waals surface area contributed by atoms with Gasteiger partial charge >= 0.3 is 7.82 Å². The largest absolute Gasteiger partial charge is 0.472 e. The number of phosphoric ester groups is 1. The first-order valence-corrected chi connectivity index (χ1v) is 18.4. The Morgan fingerprint density at radius 1 is 1.02 bits per heavy atom. The van der Waals surface area contributed by atoms with Crippen LogP contribution in [0.4, 0.5) is 0 Å². The van der Waals surface area contributed by atoms with Gasteiger partial charge in [0.2, 0.25) is 35.4 Å². The molecule has 0 saturated carbocycles. The fourth-order valence-corrected chi connectivity index (χ4v) is 6.01. The number of phosphoric acid groups is 1. The van der Waals surface area contributed by atoms with Crippen molar-refractivity contribution in [3.8, 4) is 0 Å². The second-order valence-electron chi connectivity index (χ2n) is 13.0. The number of primary amides is 1. The first kappa shape index (κ1) is 44.2. The first-order chi connectivity index (χ1) is 24.4. The summed E-state index contributed by atoms with van der Waals surface area (Å²) in [6, 6.07) is -6.65. The Kier molecular flexibility index (Phi) is 17.8. The van der Waals surface area contributed by atoms with Gasteiger partial charge in [0.25, 0.3) is 0 Å². The number of likely N-dealkylation sites (tertiary alicyclic amines) is 1. The third-order valence-electron chi connectivity index (χ3n) is 8.01. The van der Waals surface area contributed by atoms with Gasteiger partial charge in [-0.1, -0.05) is 13.8 Å². The van der Waals surface area contributed by atoms with Crippen LogP contribution in [0, 0.1) is 5.92 Å². The Morgan fingerprint density at radius 3 is 2.21 bits per heavy atom. The lowest BCUT2D eigenvalue weighted by atomic mass is 10.0. The molecule has 2 rings (SSSR count). The lowest BCUT2D eigenvalue weighted by Gasteiger charge is -2.29. The van der Waals surface area contributed by atoms with Gasteiger partial charge in [0.05, 0.1) is 38.2 Å². The van der Waals surface area contributed by atoms with Crippen molar-refractivity contribution in [2.24, 2.45) is 11.7 Å². The molecule has 20 nitrogen and oxygen atoms in total. The van der Waals surface area contributed by atoms with Crippen LogP contribution in [0.5, 0.6) is 0 Å². The number of amides is 6. The van der Waals surface area contributed by atoms with Gasteiger partial charge in [0.1, 0.15) is 30.2 Å². The number of carbonyl (C=O) groups is 6. The molecule has 1 aliphatic rings. The van der Waals surface area contributed by atoms with Crippen molar-refractivity contribution in [1.29, 1.82) is 0 Å². The summed E-state index contributed by atoms with van der Waals surface area (Å²) in [5.74, 6) is -4.76. The van der Waals surface area contributed by atoms with E-state index in [-0.39, 0.29) is 43.8 Å². The van der Waals surface area contributed by atoms with Gasteiger partial charge in [-0.2, -0.15) is 0 Å². The first-order valence-electron chi connectivity index (χ1n) is 17.0. The Hall–Kier alpha value is -3.94. The van der Waals surface area contributed by atoms with Crippen molar-refractivity contribution in [3.05, 3.63) is 18.2 Å². The fourth-order valence-electron chi connectivity index (χ4n) is 5.39. The summed E-state index contributed by atoms with van der Waals surface area (Å²) in [6.07, 6.45) is 2.37. The smallest absolute Gasteiger partial charge is 0.394 e. The Morgan fingerprint density at radius 2 is 1.65 bits per heavy atom. The van der Waals surface area contributed by atoms with Crippen LogP contribution in [-0.2, 0) is 53.5 Å². The summed E-state index contributed by atoms with van der Waals surface area (Å²) in [5, 5.41) is 19.9. The second kappa shape index (κ2) is 20.9. The topological polar surface area (TPSA) is 294 Å². The minimum absolute atomic E-state index is 0.0542. The van der Waals surface area contributed by atoms with Crippen molar-refractivity contribution in [1.82, 2.24) is 36.1 Å². The maximum atomic E-state index is 13.7. The number of imidazole rings is 1. The molecule has 6 amide bonds. The van der Waals surface area contributed by atoms with E-state index in [4.69, 9.17) is 15.0 Å². The molecule has 21 heteroatoms. The van der Waals surface area contributed by atoms with E-state index in [9.17, 15) is 43.3 Å². The van der Waals surface area contributed by atoms with Gasteiger partial charge in [-0.05, 0) is 46.0 Å². The highest BCUT2D eigenvalue weighted by Crippen LogP contribution is 2.43. The predicted octanol–water partition coefficient (Wildman–Crippen LogP) is -1.63. The van der Waals surface area contributed by atoms with Crippen LogP contribution >= 0.6 is 7.82 Å². The molecule has 9 N–H and O–H groups in total. The lowest BCUT2D eigenvalue weighted by Crippen LogP contribution is -2.61. The van der Waals surface area contributed by atoms with E-state index in [2.05, 4.69) is 35.8 Å². The zero-order valence-corrected chi connectivity index (χ0v) is 31.2. The van der Waals surface area contributed by atoms with Crippen molar-refractivity contribution in [2.75, 3.05) is 26.9 Å². The molecule has 1 aromatic rings. The number of carbonyl (C=O) groups excluding carboxylic acids is 6. The molecule has 52 heavy (non-hydrogen) atoms. The number of rotatable bonds is 22. The van der Waals surface area contributed by atoms with Crippen LogP contribution in [0.25, 0.3) is 0 Å². The van der Waals surface area contributed by atoms with Gasteiger partial charge in [0, 0.05) is 32.0 Å². The van der Waals surface area contributed by atoms with Crippen molar-refractivity contribution in [3.63, 3.8) is 0 Å². The number of aliphatic hydroxyl groups is 1. The monoisotopic (exact) mass is 760 g/mol. The van der Waals surface area contributed by atoms with Crippen LogP contribution in [0.2, 0.25) is 0 Å². The Labute approximate surface area is 302 Å². The Balaban J connectivity index is 2.22. The predicted molar refractivity (Wildman–Crippen MR) is 184 cm³/mol. The summed E-state index contributed by atoms with van der Waals surface area (Å²) in [7, 11) is -3.71. The van der Waals surface area contributed by atoms with Gasteiger partial charge < -0.3 is 51.6 Å². The third-order valence-corrected chi connectivity index (χ3v) is 9.07. The number of nitrogens with one attached hydrogen (secondary N) is 5. The number of aromatic nitrogens is 2. The summed E-state index contributed by atoms with van der Waals surface area (Å²) in [4.78, 5) is 96.7. The Bertz CT molecular complexity index is 1410. The highest BCUT2D eigenvalue weighted by atomic mass is 31.2. The minimum atomic E-state index is -4.60. The molecule has 1 aromatic heterocycles. The van der Waals surface area contributed by atoms with E-state index >= 15 is 0 Å². The third kappa shape index (κ3) is 14.2. The number of hydrogen-bond acceptors (Lipinski definition) is 12. The molecule has 1 saturated heterocycles. The van der Waals surface area contributed by atoms with Crippen molar-refractivity contribution in [2.45, 2.75) is 109 Å². The van der Waals surface area contributed by atoms with E-state index in [0.717, 1.165) is 14.0 Å². The van der Waals surface area contributed by atoms with Crippen LogP contribution < -0.4 is 27.0 Å². The summed E-state index contributed by atoms with van der Waals surface area (Å²) in [6.45, 7) is 8.17. The van der Waals surface area contributed by atoms with E-state index in [1.165, 1.54) is 17.4 Å². The molecular formula is C31H53N8O12P. The average molecular weight is 761 g/mol. The minimum Gasteiger partial charge on any atom is -0.394 e. The number of hydrogen-bond donors (Lipinski definition) is 8. The van der Waals surface area contributed by atoms with Gasteiger partial charge in [-0.15, -0.1) is 0 Å². The van der Waals surface area contributed by atoms with Crippen LogP contribution in [0.1, 0.15) is 66.0 Å². The molecule has 2 heterocycles. The normalized spacial score (nSPS) is 18.5. The fraction of sp³-hybridized carbons (Fsp3) is 0.710. The number of ether oxygens (including phenoxy) is 1. The molecule has 0 spiro atoms. The maximum absolute atomic E-state index is 13.7. The number of nitrogens with two attached hydrogens (primary N) is 1. The molecule has 1 fully saturated rings. The van der Waals surface area contributed by atoms with Crippen LogP contribution in [0.3, 0.4) is 0 Å². The molecule has 7 atom stereocenters. The highest BCUT2D eigenvalue weighted by molar-refractivity contribution is 7.47. The van der Waals surface area contributed by atoms with Gasteiger partial charge in [-0.25, -0.2) is 9.55 Å². The second-order valence-corrected chi connectivity index (χ2v) is 14.6. The SMILES string of the molecule is COP(=O)(O)O[C@H](C)[C@H](NC(=O)[C@H](CO)NC(=O)[C@H](Cc1cnc[nH]1)NC(=O)[C@H](CC(C)C)NC(=O)[C@@H]1CCCN1C(=O)CCOC(C)C)C(N)=O. The molecule has 1 aliphatic heterocycles. The zero-order valence-electron chi connectivity index (χ0n) is 30.3. The number of nitrogens with zero attached hydrogens (tertiary/aromatic N) is 2. The summed E-state index contributed by atoms with van der Waals surface area (Å²) in [5.41, 5.74) is 5.77. The van der Waals surface area contributed by atoms with E-state index in [1.54, 1.807) is 0 Å². The molecular weight excluding hydrogens is 707 g/mol. The standard InChI is InChI=1S/C31H53N8O12P/c1-17(2)12-21(36-31(46)24-8-7-10-39(24)25(41)9-11-50-18(3)4)28(43)35-22(13-20-14-33-16-34-20)29(44)37-23(15-40)30(45)38-26(27(32)42)19(5)51-52(47,48)49-6/h14,16-19,21-24,26,40H,7-13,15H2,1-6H3,(H2,32,42)(H,33,34)(H,35,43)(H,36,46)(H,37,44)(H,38,45)(H,47,48)/t19-,21+,22+,23+,24+,26+/m1/s1. The molecule has 294 valence electrons. The average Bonchev–Trinajstić information content (AvgIpc) is 3.77. The highest BCUT2D eigenvalue weighted by Gasteiger charge is 2.38. The van der Waals surface area contributed by atoms with E-state index in [1.807, 2.05) is 27.7 Å². The zero-order chi connectivity index (χ0) is 39.2. The maximum Gasteiger partial charge on any atom is 0.472 e. The van der Waals surface area contributed by atoms with Crippen molar-refractivity contribution < 1.29 is 57.1 Å². The van der Waals surface area contributed by atoms with Crippen LogP contribution in [0.15, 0.2) is 12.5 Å². The van der Waals surface area contributed by atoms with E-state index < -0.39 is 80.3 Å². The van der Waals surface area contributed by atoms with E-state index in [0.29, 0.717) is 25.1 Å². The number of H-pyrrole nitrogens is 1. The van der Waals surface area contributed by atoms with Gasteiger partial charge in [-0.3, -0.25) is 37.8 Å². The lowest BCUT2D eigenvalue weighted by molar-refractivity contribution is -0.140. The summed E-state index contributed by atoms with van der Waals surface area (Å²) < 4.78 is 26.4. The van der Waals surface area contributed by atoms with Crippen molar-refractivity contribution >= 4 is 43.3 Å². The van der Waals surface area contributed by atoms with Crippen LogP contribution in [-0.4, -0.2) is 130 Å². The summed E-state index contributed by atoms with van der Waals surface area (Å²) >= 11 is 0. The van der Waals surface area contributed by atoms with Gasteiger partial charge in [0.15, 0.2) is 0 Å². The molecule has 0 aromatic carbocycles.